The Morgan fingerprint density at radius 2 is 0.708 bits per heavy atom. The molecule has 8 rings (SSSR count). The van der Waals surface area contributed by atoms with Crippen LogP contribution in [-0.2, 0) is 18.6 Å². The van der Waals surface area contributed by atoms with E-state index in [9.17, 15) is 0 Å². The standard InChI is InChI=1S/C42H42B2O4/c1-39(2)40(3,4)46-43(45-39)29-19-21-33-35(25-29)36-26-30(44-47-41(5,6)42(7,8)48-44)20-22-34(36)38-32(28-17-13-10-14-18-28)24-23-31(37(33)38)27-15-11-9-12-16-27/h9-26H,1-8H3. The van der Waals surface area contributed by atoms with Crippen molar-refractivity contribution in [1.82, 2.24) is 0 Å². The normalized spacial score (nSPS) is 19.5. The van der Waals surface area contributed by atoms with Crippen molar-refractivity contribution in [2.45, 2.75) is 77.8 Å². The zero-order chi connectivity index (χ0) is 33.6. The van der Waals surface area contributed by atoms with Crippen LogP contribution >= 0.6 is 0 Å². The van der Waals surface area contributed by atoms with E-state index < -0.39 is 36.6 Å². The summed E-state index contributed by atoms with van der Waals surface area (Å²) in [4.78, 5) is 0. The summed E-state index contributed by atoms with van der Waals surface area (Å²) in [5, 5.41) is 7.11. The molecule has 0 saturated carbocycles. The van der Waals surface area contributed by atoms with Gasteiger partial charge in [-0.25, -0.2) is 0 Å². The zero-order valence-corrected chi connectivity index (χ0v) is 29.2. The molecule has 0 bridgehead atoms. The molecule has 48 heavy (non-hydrogen) atoms. The summed E-state index contributed by atoms with van der Waals surface area (Å²) in [7, 11) is -0.943. The Morgan fingerprint density at radius 3 is 1.04 bits per heavy atom. The highest BCUT2D eigenvalue weighted by molar-refractivity contribution is 6.63. The minimum absolute atomic E-state index is 0.437. The highest BCUT2D eigenvalue weighted by atomic mass is 16.7. The van der Waals surface area contributed by atoms with Gasteiger partial charge in [-0.2, -0.15) is 0 Å². The Kier molecular flexibility index (Phi) is 7.04. The molecule has 0 N–H and O–H groups in total. The van der Waals surface area contributed by atoms with Crippen molar-refractivity contribution >= 4 is 57.5 Å². The Bertz CT molecular complexity index is 2020. The van der Waals surface area contributed by atoms with Gasteiger partial charge in [0.2, 0.25) is 0 Å². The van der Waals surface area contributed by atoms with Crippen molar-refractivity contribution in [3.8, 4) is 22.3 Å². The third kappa shape index (κ3) is 4.84. The van der Waals surface area contributed by atoms with Crippen LogP contribution < -0.4 is 10.9 Å². The molecule has 0 aromatic heterocycles. The molecule has 2 heterocycles. The number of benzene rings is 6. The molecule has 2 saturated heterocycles. The van der Waals surface area contributed by atoms with Gasteiger partial charge in [0.15, 0.2) is 0 Å². The van der Waals surface area contributed by atoms with Crippen LogP contribution in [0.25, 0.3) is 54.6 Å². The summed E-state index contributed by atoms with van der Waals surface area (Å²) >= 11 is 0. The van der Waals surface area contributed by atoms with Gasteiger partial charge in [-0.05, 0) is 121 Å². The lowest BCUT2D eigenvalue weighted by Crippen LogP contribution is -2.41. The smallest absolute Gasteiger partial charge is 0.399 e. The fourth-order valence-corrected chi connectivity index (χ4v) is 7.14. The molecule has 2 aliphatic heterocycles. The van der Waals surface area contributed by atoms with Gasteiger partial charge in [0.25, 0.3) is 0 Å². The van der Waals surface area contributed by atoms with E-state index in [-0.39, 0.29) is 0 Å². The fourth-order valence-electron chi connectivity index (χ4n) is 7.14. The quantitative estimate of drug-likeness (QED) is 0.144. The van der Waals surface area contributed by atoms with Gasteiger partial charge in [-0.1, -0.05) is 109 Å². The molecule has 0 spiro atoms. The van der Waals surface area contributed by atoms with E-state index in [1.165, 1.54) is 43.8 Å². The molecule has 0 atom stereocenters. The third-order valence-corrected chi connectivity index (χ3v) is 11.3. The molecule has 4 nitrogen and oxygen atoms in total. The lowest BCUT2D eigenvalue weighted by molar-refractivity contribution is 0.00578. The Hall–Kier alpha value is -3.93. The average molecular weight is 632 g/mol. The monoisotopic (exact) mass is 632 g/mol. The first kappa shape index (κ1) is 31.3. The molecule has 6 aromatic rings. The van der Waals surface area contributed by atoms with Crippen LogP contribution in [0.3, 0.4) is 0 Å². The first-order valence-electron chi connectivity index (χ1n) is 17.0. The maximum absolute atomic E-state index is 6.56. The predicted molar refractivity (Wildman–Crippen MR) is 201 cm³/mol. The predicted octanol–water partition coefficient (Wildman–Crippen LogP) is 9.08. The Balaban J connectivity index is 1.46. The molecule has 0 radical (unpaired) electrons. The van der Waals surface area contributed by atoms with Gasteiger partial charge in [0, 0.05) is 0 Å². The number of rotatable bonds is 4. The van der Waals surface area contributed by atoms with Crippen LogP contribution in [0.15, 0.2) is 109 Å². The summed E-state index contributed by atoms with van der Waals surface area (Å²) in [6.45, 7) is 16.8. The molecule has 0 unspecified atom stereocenters. The van der Waals surface area contributed by atoms with Gasteiger partial charge in [0.1, 0.15) is 0 Å². The number of hydrogen-bond acceptors (Lipinski definition) is 4. The molecule has 0 aliphatic carbocycles. The Morgan fingerprint density at radius 1 is 0.375 bits per heavy atom. The van der Waals surface area contributed by atoms with Crippen molar-refractivity contribution in [2.75, 3.05) is 0 Å². The first-order valence-corrected chi connectivity index (χ1v) is 17.0. The SMILES string of the molecule is CC1(C)OB(c2ccc3c(c2)c2cc(B4OC(C)(C)C(C)(C)O4)ccc2c2c(-c4ccccc4)ccc(-c4ccccc4)c32)OC1(C)C. The maximum Gasteiger partial charge on any atom is 0.494 e. The highest BCUT2D eigenvalue weighted by Crippen LogP contribution is 2.45. The summed E-state index contributed by atoms with van der Waals surface area (Å²) in [6.07, 6.45) is 0. The maximum atomic E-state index is 6.56. The topological polar surface area (TPSA) is 36.9 Å². The van der Waals surface area contributed by atoms with E-state index in [1.807, 2.05) is 0 Å². The van der Waals surface area contributed by atoms with E-state index in [0.29, 0.717) is 0 Å². The van der Waals surface area contributed by atoms with Gasteiger partial charge >= 0.3 is 14.2 Å². The lowest BCUT2D eigenvalue weighted by atomic mass is 9.74. The fraction of sp³-hybridized carbons (Fsp3) is 0.286. The van der Waals surface area contributed by atoms with E-state index in [2.05, 4.69) is 165 Å². The van der Waals surface area contributed by atoms with Crippen molar-refractivity contribution in [2.24, 2.45) is 0 Å². The second kappa shape index (κ2) is 10.8. The lowest BCUT2D eigenvalue weighted by Gasteiger charge is -2.32. The minimum atomic E-state index is -0.472. The van der Waals surface area contributed by atoms with E-state index in [4.69, 9.17) is 18.6 Å². The van der Waals surface area contributed by atoms with E-state index in [1.54, 1.807) is 0 Å². The van der Waals surface area contributed by atoms with Crippen LogP contribution in [0.2, 0.25) is 0 Å². The molecular weight excluding hydrogens is 590 g/mol. The molecule has 2 aliphatic rings. The summed E-state index contributed by atoms with van der Waals surface area (Å²) in [5.74, 6) is 0. The number of hydrogen-bond donors (Lipinski definition) is 0. The molecule has 0 amide bonds. The number of fused-ring (bicyclic) bond motifs is 6. The summed E-state index contributed by atoms with van der Waals surface area (Å²) in [5.41, 5.74) is 5.04. The minimum Gasteiger partial charge on any atom is -0.399 e. The van der Waals surface area contributed by atoms with Crippen molar-refractivity contribution < 1.29 is 18.6 Å². The third-order valence-electron chi connectivity index (χ3n) is 11.3. The first-order chi connectivity index (χ1) is 22.8. The van der Waals surface area contributed by atoms with Gasteiger partial charge < -0.3 is 18.6 Å². The zero-order valence-electron chi connectivity index (χ0n) is 29.2. The van der Waals surface area contributed by atoms with Gasteiger partial charge in [0.05, 0.1) is 22.4 Å². The second-order valence-electron chi connectivity index (χ2n) is 15.4. The van der Waals surface area contributed by atoms with Crippen LogP contribution in [-0.4, -0.2) is 36.6 Å². The van der Waals surface area contributed by atoms with Crippen molar-refractivity contribution in [3.05, 3.63) is 109 Å². The largest absolute Gasteiger partial charge is 0.494 e. The molecular formula is C42H42B2O4. The van der Waals surface area contributed by atoms with Crippen LogP contribution in [0.1, 0.15) is 55.4 Å². The van der Waals surface area contributed by atoms with Crippen molar-refractivity contribution in [1.29, 1.82) is 0 Å². The van der Waals surface area contributed by atoms with Gasteiger partial charge in [-0.3, -0.25) is 0 Å². The van der Waals surface area contributed by atoms with Gasteiger partial charge in [-0.15, -0.1) is 0 Å². The molecule has 2 fully saturated rings. The second-order valence-corrected chi connectivity index (χ2v) is 15.4. The van der Waals surface area contributed by atoms with Crippen LogP contribution in [0.4, 0.5) is 0 Å². The van der Waals surface area contributed by atoms with Crippen LogP contribution in [0.5, 0.6) is 0 Å². The van der Waals surface area contributed by atoms with Crippen LogP contribution in [0, 0.1) is 0 Å². The summed E-state index contributed by atoms with van der Waals surface area (Å²) < 4.78 is 26.2. The Labute approximate surface area is 284 Å². The molecule has 240 valence electrons. The van der Waals surface area contributed by atoms with Crippen molar-refractivity contribution in [3.63, 3.8) is 0 Å². The van der Waals surface area contributed by atoms with E-state index >= 15 is 0 Å². The molecule has 6 heteroatoms. The van der Waals surface area contributed by atoms with E-state index in [0.717, 1.165) is 21.7 Å². The average Bonchev–Trinajstić information content (AvgIpc) is 3.43. The highest BCUT2D eigenvalue weighted by Gasteiger charge is 2.53. The molecule has 6 aromatic carbocycles. The summed E-state index contributed by atoms with van der Waals surface area (Å²) in [6, 6.07) is 39.4.